The molecule has 1 heterocycles. The van der Waals surface area contributed by atoms with Gasteiger partial charge >= 0.3 is 6.36 Å². The summed E-state index contributed by atoms with van der Waals surface area (Å²) in [4.78, 5) is 14.8. The molecule has 1 N–H and O–H groups in total. The number of hydrogen-bond donors (Lipinski definition) is 1. The fourth-order valence-electron chi connectivity index (χ4n) is 3.17. The molecule has 2 aromatic carbocycles. The predicted molar refractivity (Wildman–Crippen MR) is 98.2 cm³/mol. The standard InChI is InChI=1S/C20H21F3N2O2/c21-20(22,23)27-16-11-9-15(10-12-16)19(26)24-17-7-3-4-8-18(17)25-13-5-1-2-6-14-25/h3-4,7-12H,1-2,5-6,13-14H2,(H,24,26). The molecule has 0 aliphatic carbocycles. The molecule has 27 heavy (non-hydrogen) atoms. The van der Waals surface area contributed by atoms with Crippen LogP contribution in [0.15, 0.2) is 48.5 Å². The Morgan fingerprint density at radius 3 is 2.19 bits per heavy atom. The first kappa shape index (κ1) is 19.1. The maximum Gasteiger partial charge on any atom is 0.573 e. The van der Waals surface area contributed by atoms with Gasteiger partial charge in [-0.05, 0) is 49.2 Å². The highest BCUT2D eigenvalue weighted by Crippen LogP contribution is 2.29. The lowest BCUT2D eigenvalue weighted by molar-refractivity contribution is -0.274. The van der Waals surface area contributed by atoms with Crippen molar-refractivity contribution < 1.29 is 22.7 Å². The number of amides is 1. The molecule has 0 saturated carbocycles. The largest absolute Gasteiger partial charge is 0.573 e. The van der Waals surface area contributed by atoms with E-state index in [1.165, 1.54) is 25.0 Å². The second kappa shape index (κ2) is 8.33. The first-order valence-electron chi connectivity index (χ1n) is 8.93. The number of anilines is 2. The first-order valence-corrected chi connectivity index (χ1v) is 8.93. The zero-order valence-corrected chi connectivity index (χ0v) is 14.8. The van der Waals surface area contributed by atoms with Crippen LogP contribution in [-0.2, 0) is 0 Å². The highest BCUT2D eigenvalue weighted by molar-refractivity contribution is 6.06. The Balaban J connectivity index is 1.72. The van der Waals surface area contributed by atoms with Crippen molar-refractivity contribution in [3.05, 3.63) is 54.1 Å². The van der Waals surface area contributed by atoms with E-state index in [4.69, 9.17) is 0 Å². The third-order valence-electron chi connectivity index (χ3n) is 4.45. The van der Waals surface area contributed by atoms with E-state index in [0.29, 0.717) is 5.69 Å². The second-order valence-corrected chi connectivity index (χ2v) is 6.44. The average Bonchev–Trinajstić information content (AvgIpc) is 2.91. The summed E-state index contributed by atoms with van der Waals surface area (Å²) in [5, 5.41) is 2.87. The molecule has 1 aliphatic heterocycles. The van der Waals surface area contributed by atoms with Gasteiger partial charge < -0.3 is 15.0 Å². The van der Waals surface area contributed by atoms with Crippen LogP contribution < -0.4 is 15.0 Å². The van der Waals surface area contributed by atoms with Crippen molar-refractivity contribution in [3.8, 4) is 5.75 Å². The lowest BCUT2D eigenvalue weighted by Gasteiger charge is -2.25. The molecule has 0 radical (unpaired) electrons. The molecule has 1 aliphatic rings. The maximum absolute atomic E-state index is 12.5. The summed E-state index contributed by atoms with van der Waals surface area (Å²) in [7, 11) is 0. The second-order valence-electron chi connectivity index (χ2n) is 6.44. The number of hydrogen-bond acceptors (Lipinski definition) is 3. The van der Waals surface area contributed by atoms with Crippen molar-refractivity contribution in [1.29, 1.82) is 0 Å². The number of carbonyl (C=O) groups is 1. The molecule has 7 heteroatoms. The zero-order chi connectivity index (χ0) is 19.3. The molecular formula is C20H21F3N2O2. The normalized spacial score (nSPS) is 15.1. The minimum absolute atomic E-state index is 0.259. The number of rotatable bonds is 4. The van der Waals surface area contributed by atoms with E-state index >= 15 is 0 Å². The zero-order valence-electron chi connectivity index (χ0n) is 14.8. The summed E-state index contributed by atoms with van der Waals surface area (Å²) in [6, 6.07) is 12.5. The Hall–Kier alpha value is -2.70. The van der Waals surface area contributed by atoms with Crippen molar-refractivity contribution >= 4 is 17.3 Å². The molecular weight excluding hydrogens is 357 g/mol. The fraction of sp³-hybridized carbons (Fsp3) is 0.350. The Kier molecular flexibility index (Phi) is 5.88. The Morgan fingerprint density at radius 2 is 1.56 bits per heavy atom. The molecule has 0 bridgehead atoms. The van der Waals surface area contributed by atoms with Crippen molar-refractivity contribution in [2.24, 2.45) is 0 Å². The minimum Gasteiger partial charge on any atom is -0.406 e. The number of nitrogens with zero attached hydrogens (tertiary/aromatic N) is 1. The van der Waals surface area contributed by atoms with E-state index in [9.17, 15) is 18.0 Å². The number of alkyl halides is 3. The summed E-state index contributed by atoms with van der Waals surface area (Å²) in [6.45, 7) is 1.88. The van der Waals surface area contributed by atoms with Gasteiger partial charge in [0.25, 0.3) is 5.91 Å². The average molecular weight is 378 g/mol. The van der Waals surface area contributed by atoms with Crippen LogP contribution in [0.25, 0.3) is 0 Å². The van der Waals surface area contributed by atoms with Gasteiger partial charge in [0.2, 0.25) is 0 Å². The highest BCUT2D eigenvalue weighted by Gasteiger charge is 2.31. The van der Waals surface area contributed by atoms with Gasteiger partial charge in [-0.15, -0.1) is 13.2 Å². The lowest BCUT2D eigenvalue weighted by Crippen LogP contribution is -2.25. The van der Waals surface area contributed by atoms with E-state index in [2.05, 4.69) is 15.0 Å². The molecule has 1 fully saturated rings. The van der Waals surface area contributed by atoms with Gasteiger partial charge in [-0.3, -0.25) is 4.79 Å². The van der Waals surface area contributed by atoms with Gasteiger partial charge in [-0.25, -0.2) is 0 Å². The number of ether oxygens (including phenoxy) is 1. The number of nitrogens with one attached hydrogen (secondary N) is 1. The van der Waals surface area contributed by atoms with E-state index in [-0.39, 0.29) is 17.2 Å². The van der Waals surface area contributed by atoms with Gasteiger partial charge in [-0.1, -0.05) is 25.0 Å². The highest BCUT2D eigenvalue weighted by atomic mass is 19.4. The fourth-order valence-corrected chi connectivity index (χ4v) is 3.17. The van der Waals surface area contributed by atoms with E-state index in [1.54, 1.807) is 0 Å². The Labute approximate surface area is 155 Å². The number of para-hydroxylation sites is 2. The Bertz CT molecular complexity index is 768. The number of benzene rings is 2. The summed E-state index contributed by atoms with van der Waals surface area (Å²) in [5.74, 6) is -0.736. The van der Waals surface area contributed by atoms with Crippen molar-refractivity contribution in [2.75, 3.05) is 23.3 Å². The maximum atomic E-state index is 12.5. The van der Waals surface area contributed by atoms with E-state index in [0.717, 1.165) is 43.8 Å². The Morgan fingerprint density at radius 1 is 0.926 bits per heavy atom. The van der Waals surface area contributed by atoms with Crippen LogP contribution in [0.4, 0.5) is 24.5 Å². The van der Waals surface area contributed by atoms with Crippen LogP contribution in [-0.4, -0.2) is 25.4 Å². The van der Waals surface area contributed by atoms with Gasteiger partial charge in [0.1, 0.15) is 5.75 Å². The van der Waals surface area contributed by atoms with Gasteiger partial charge in [0.05, 0.1) is 11.4 Å². The molecule has 0 unspecified atom stereocenters. The van der Waals surface area contributed by atoms with Crippen LogP contribution in [0.3, 0.4) is 0 Å². The topological polar surface area (TPSA) is 41.6 Å². The van der Waals surface area contributed by atoms with Crippen LogP contribution in [0.2, 0.25) is 0 Å². The summed E-state index contributed by atoms with van der Waals surface area (Å²) < 4.78 is 40.5. The van der Waals surface area contributed by atoms with Crippen molar-refractivity contribution in [3.63, 3.8) is 0 Å². The van der Waals surface area contributed by atoms with Crippen LogP contribution in [0.5, 0.6) is 5.75 Å². The summed E-state index contributed by atoms with van der Waals surface area (Å²) >= 11 is 0. The molecule has 0 spiro atoms. The third-order valence-corrected chi connectivity index (χ3v) is 4.45. The summed E-state index contributed by atoms with van der Waals surface area (Å²) in [5.41, 5.74) is 1.92. The quantitative estimate of drug-likeness (QED) is 0.793. The van der Waals surface area contributed by atoms with Crippen LogP contribution in [0, 0.1) is 0 Å². The van der Waals surface area contributed by atoms with Crippen molar-refractivity contribution in [1.82, 2.24) is 0 Å². The molecule has 0 atom stereocenters. The minimum atomic E-state index is -4.75. The van der Waals surface area contributed by atoms with Crippen LogP contribution >= 0.6 is 0 Å². The molecule has 2 aromatic rings. The third kappa shape index (κ3) is 5.39. The monoisotopic (exact) mass is 378 g/mol. The van der Waals surface area contributed by atoms with Crippen LogP contribution in [0.1, 0.15) is 36.0 Å². The predicted octanol–water partition coefficient (Wildman–Crippen LogP) is 5.22. The van der Waals surface area contributed by atoms with Crippen molar-refractivity contribution in [2.45, 2.75) is 32.0 Å². The van der Waals surface area contributed by atoms with Gasteiger partial charge in [0.15, 0.2) is 0 Å². The van der Waals surface area contributed by atoms with E-state index in [1.807, 2.05) is 24.3 Å². The first-order chi connectivity index (χ1) is 12.9. The molecule has 144 valence electrons. The van der Waals surface area contributed by atoms with Gasteiger partial charge in [-0.2, -0.15) is 0 Å². The molecule has 0 aromatic heterocycles. The molecule has 4 nitrogen and oxygen atoms in total. The number of carbonyl (C=O) groups excluding carboxylic acids is 1. The lowest BCUT2D eigenvalue weighted by atomic mass is 10.2. The summed E-state index contributed by atoms with van der Waals surface area (Å²) in [6.07, 6.45) is -0.115. The van der Waals surface area contributed by atoms with Gasteiger partial charge in [0, 0.05) is 18.7 Å². The smallest absolute Gasteiger partial charge is 0.406 e. The SMILES string of the molecule is O=C(Nc1ccccc1N1CCCCCC1)c1ccc(OC(F)(F)F)cc1. The molecule has 3 rings (SSSR count). The molecule has 1 saturated heterocycles. The number of halogens is 3. The van der Waals surface area contributed by atoms with E-state index < -0.39 is 6.36 Å². The molecule has 1 amide bonds.